The topological polar surface area (TPSA) is 74.2 Å². The van der Waals surface area contributed by atoms with Crippen molar-refractivity contribution in [2.45, 2.75) is 38.8 Å². The van der Waals surface area contributed by atoms with Crippen LogP contribution in [-0.2, 0) is 19.5 Å². The van der Waals surface area contributed by atoms with Crippen molar-refractivity contribution in [3.8, 4) is 0 Å². The van der Waals surface area contributed by atoms with Crippen molar-refractivity contribution in [3.63, 3.8) is 0 Å². The third-order valence-electron chi connectivity index (χ3n) is 4.74. The summed E-state index contributed by atoms with van der Waals surface area (Å²) in [5.41, 5.74) is 3.38. The largest absolute Gasteiger partial charge is 0.305 e. The number of pyridine rings is 1. The molecule has 130 valence electrons. The molecule has 0 aromatic carbocycles. The highest BCUT2D eigenvalue weighted by Crippen LogP contribution is 2.17. The number of aromatic amines is 1. The third-order valence-corrected chi connectivity index (χ3v) is 4.74. The van der Waals surface area contributed by atoms with Gasteiger partial charge in [0.25, 0.3) is 5.56 Å². The van der Waals surface area contributed by atoms with Gasteiger partial charge in [0.05, 0.1) is 17.0 Å². The zero-order valence-electron chi connectivity index (χ0n) is 14.0. The van der Waals surface area contributed by atoms with Gasteiger partial charge in [0.2, 0.25) is 5.95 Å². The number of rotatable bonds is 3. The van der Waals surface area contributed by atoms with E-state index in [-0.39, 0.29) is 5.56 Å². The summed E-state index contributed by atoms with van der Waals surface area (Å²) in [6.45, 7) is 2.81. The third kappa shape index (κ3) is 3.51. The molecule has 4 heterocycles. The first kappa shape index (κ1) is 16.1. The first-order chi connectivity index (χ1) is 12.2. The lowest BCUT2D eigenvalue weighted by Crippen LogP contribution is -2.36. The average Bonchev–Trinajstić information content (AvgIpc) is 2.65. The Balaban J connectivity index is 1.54. The van der Waals surface area contributed by atoms with Gasteiger partial charge in [-0.2, -0.15) is 4.39 Å². The standard InChI is InChI=1S/C18H20FN5O/c19-16-5-4-12(9-21-16)10-24-8-6-14-13(11-24)18(25)23-17(22-14)15-3-1-2-7-20-15/h4-5,9H,1-3,6-8,10-11H2,(H,22,23,25). The summed E-state index contributed by atoms with van der Waals surface area (Å²) in [5, 5.41) is 0. The van der Waals surface area contributed by atoms with Crippen LogP contribution in [-0.4, -0.2) is 38.7 Å². The molecule has 25 heavy (non-hydrogen) atoms. The summed E-state index contributed by atoms with van der Waals surface area (Å²) in [7, 11) is 0. The monoisotopic (exact) mass is 341 g/mol. The number of nitrogens with zero attached hydrogens (tertiary/aromatic N) is 4. The number of aromatic nitrogens is 3. The van der Waals surface area contributed by atoms with E-state index in [9.17, 15) is 9.18 Å². The summed E-state index contributed by atoms with van der Waals surface area (Å²) in [5.74, 6) is 0.158. The second kappa shape index (κ2) is 6.84. The van der Waals surface area contributed by atoms with Crippen molar-refractivity contribution in [3.05, 3.63) is 57.3 Å². The van der Waals surface area contributed by atoms with E-state index < -0.39 is 5.95 Å². The maximum absolute atomic E-state index is 12.9. The summed E-state index contributed by atoms with van der Waals surface area (Å²) in [6.07, 6.45) is 5.35. The number of nitrogens with one attached hydrogen (secondary N) is 1. The highest BCUT2D eigenvalue weighted by Gasteiger charge is 2.22. The predicted octanol–water partition coefficient (Wildman–Crippen LogP) is 1.84. The van der Waals surface area contributed by atoms with Crippen LogP contribution in [0, 0.1) is 5.95 Å². The molecule has 0 amide bonds. The molecular weight excluding hydrogens is 321 g/mol. The SMILES string of the molecule is O=c1[nH]c(C2=NCCCC2)nc2c1CN(Cc1ccc(F)nc1)CC2. The molecule has 0 unspecified atom stereocenters. The van der Waals surface area contributed by atoms with E-state index in [0.29, 0.717) is 18.9 Å². The van der Waals surface area contributed by atoms with Gasteiger partial charge in [-0.05, 0) is 30.9 Å². The normalized spacial score (nSPS) is 17.9. The molecule has 7 heteroatoms. The van der Waals surface area contributed by atoms with Crippen molar-refractivity contribution >= 4 is 5.71 Å². The average molecular weight is 341 g/mol. The van der Waals surface area contributed by atoms with Gasteiger partial charge in [-0.1, -0.05) is 6.07 Å². The molecule has 1 N–H and O–H groups in total. The molecule has 2 aliphatic heterocycles. The van der Waals surface area contributed by atoms with Crippen molar-refractivity contribution < 1.29 is 4.39 Å². The Kier molecular flexibility index (Phi) is 4.40. The lowest BCUT2D eigenvalue weighted by atomic mass is 10.0. The lowest BCUT2D eigenvalue weighted by Gasteiger charge is -2.27. The van der Waals surface area contributed by atoms with Crippen LogP contribution >= 0.6 is 0 Å². The molecule has 0 saturated heterocycles. The molecule has 0 atom stereocenters. The Morgan fingerprint density at radius 1 is 1.24 bits per heavy atom. The minimum absolute atomic E-state index is 0.0739. The summed E-state index contributed by atoms with van der Waals surface area (Å²) in [6, 6.07) is 3.09. The van der Waals surface area contributed by atoms with Crippen molar-refractivity contribution in [2.75, 3.05) is 13.1 Å². The number of aliphatic imine (C=N–C) groups is 1. The second-order valence-corrected chi connectivity index (χ2v) is 6.58. The van der Waals surface area contributed by atoms with Crippen LogP contribution in [0.5, 0.6) is 0 Å². The minimum Gasteiger partial charge on any atom is -0.305 e. The zero-order valence-corrected chi connectivity index (χ0v) is 14.0. The Hall–Kier alpha value is -2.41. The van der Waals surface area contributed by atoms with E-state index in [0.717, 1.165) is 61.3 Å². The molecule has 6 nitrogen and oxygen atoms in total. The summed E-state index contributed by atoms with van der Waals surface area (Å²) in [4.78, 5) is 30.5. The quantitative estimate of drug-likeness (QED) is 0.865. The fourth-order valence-corrected chi connectivity index (χ4v) is 3.40. The molecular formula is C18H20FN5O. The second-order valence-electron chi connectivity index (χ2n) is 6.58. The summed E-state index contributed by atoms with van der Waals surface area (Å²) < 4.78 is 12.9. The van der Waals surface area contributed by atoms with Crippen LogP contribution in [0.15, 0.2) is 28.1 Å². The first-order valence-corrected chi connectivity index (χ1v) is 8.67. The molecule has 2 aliphatic rings. The van der Waals surface area contributed by atoms with Gasteiger partial charge in [-0.25, -0.2) is 9.97 Å². The Labute approximate surface area is 144 Å². The summed E-state index contributed by atoms with van der Waals surface area (Å²) >= 11 is 0. The molecule has 0 radical (unpaired) electrons. The Bertz CT molecular complexity index is 859. The van der Waals surface area contributed by atoms with Crippen molar-refractivity contribution in [1.29, 1.82) is 0 Å². The number of fused-ring (bicyclic) bond motifs is 1. The number of hydrogen-bond donors (Lipinski definition) is 1. The maximum Gasteiger partial charge on any atom is 0.255 e. The smallest absolute Gasteiger partial charge is 0.255 e. The lowest BCUT2D eigenvalue weighted by molar-refractivity contribution is 0.241. The predicted molar refractivity (Wildman–Crippen MR) is 92.1 cm³/mol. The van der Waals surface area contributed by atoms with E-state index in [1.165, 1.54) is 12.3 Å². The minimum atomic E-state index is -0.480. The van der Waals surface area contributed by atoms with E-state index in [1.54, 1.807) is 6.07 Å². The van der Waals surface area contributed by atoms with Crippen molar-refractivity contribution in [2.24, 2.45) is 4.99 Å². The molecule has 0 fully saturated rings. The van der Waals surface area contributed by atoms with E-state index in [4.69, 9.17) is 0 Å². The van der Waals surface area contributed by atoms with Crippen LogP contribution in [0.25, 0.3) is 0 Å². The molecule has 0 aliphatic carbocycles. The highest BCUT2D eigenvalue weighted by atomic mass is 19.1. The Morgan fingerprint density at radius 2 is 2.16 bits per heavy atom. The van der Waals surface area contributed by atoms with E-state index in [1.807, 2.05) is 0 Å². The van der Waals surface area contributed by atoms with E-state index in [2.05, 4.69) is 24.8 Å². The molecule has 0 bridgehead atoms. The van der Waals surface area contributed by atoms with Crippen LogP contribution in [0.1, 0.15) is 41.9 Å². The molecule has 2 aromatic heterocycles. The number of H-pyrrole nitrogens is 1. The zero-order chi connectivity index (χ0) is 17.2. The Morgan fingerprint density at radius 3 is 2.92 bits per heavy atom. The van der Waals surface area contributed by atoms with Crippen molar-refractivity contribution in [1.82, 2.24) is 19.9 Å². The van der Waals surface area contributed by atoms with Gasteiger partial charge in [0.1, 0.15) is 0 Å². The van der Waals surface area contributed by atoms with Gasteiger partial charge in [-0.3, -0.25) is 14.7 Å². The highest BCUT2D eigenvalue weighted by molar-refractivity contribution is 5.97. The van der Waals surface area contributed by atoms with Crippen LogP contribution in [0.3, 0.4) is 0 Å². The number of hydrogen-bond acceptors (Lipinski definition) is 5. The van der Waals surface area contributed by atoms with E-state index >= 15 is 0 Å². The van der Waals surface area contributed by atoms with Gasteiger partial charge < -0.3 is 4.98 Å². The first-order valence-electron chi connectivity index (χ1n) is 8.67. The van der Waals surface area contributed by atoms with Crippen LogP contribution < -0.4 is 5.56 Å². The maximum atomic E-state index is 12.9. The fraction of sp³-hybridized carbons (Fsp3) is 0.444. The van der Waals surface area contributed by atoms with Gasteiger partial charge in [-0.15, -0.1) is 0 Å². The molecule has 0 spiro atoms. The number of halogens is 1. The van der Waals surface area contributed by atoms with Gasteiger partial charge >= 0.3 is 0 Å². The van der Waals surface area contributed by atoms with Gasteiger partial charge in [0.15, 0.2) is 5.82 Å². The van der Waals surface area contributed by atoms with Crippen LogP contribution in [0.2, 0.25) is 0 Å². The fourth-order valence-electron chi connectivity index (χ4n) is 3.40. The van der Waals surface area contributed by atoms with Crippen LogP contribution in [0.4, 0.5) is 4.39 Å². The molecule has 2 aromatic rings. The molecule has 4 rings (SSSR count). The van der Waals surface area contributed by atoms with Gasteiger partial charge in [0, 0.05) is 38.8 Å². The molecule has 0 saturated carbocycles.